The molecule has 0 spiro atoms. The smallest absolute Gasteiger partial charge is 0.119 e. The van der Waals surface area contributed by atoms with Crippen molar-refractivity contribution in [1.29, 1.82) is 0 Å². The molecule has 0 aliphatic carbocycles. The van der Waals surface area contributed by atoms with E-state index in [1.165, 1.54) is 76.2 Å². The lowest BCUT2D eigenvalue weighted by Crippen LogP contribution is -1.88. The van der Waals surface area contributed by atoms with Gasteiger partial charge in [0, 0.05) is 0 Å². The third kappa shape index (κ3) is 8.24. The Morgan fingerprint density at radius 3 is 2.00 bits per heavy atom. The number of aryl methyl sites for hydroxylation is 1. The van der Waals surface area contributed by atoms with Gasteiger partial charge in [-0.2, -0.15) is 0 Å². The minimum Gasteiger partial charge on any atom is -0.497 e. The van der Waals surface area contributed by atoms with Gasteiger partial charge in [0.15, 0.2) is 0 Å². The number of unbranched alkanes of at least 4 members (excludes halogenated alkanes) is 9. The molecule has 0 saturated carbocycles. The summed E-state index contributed by atoms with van der Waals surface area (Å²) in [4.78, 5) is 0. The van der Waals surface area contributed by atoms with E-state index < -0.39 is 0 Å². The molecule has 0 aromatic heterocycles. The molecule has 0 aliphatic heterocycles. The van der Waals surface area contributed by atoms with Crippen LogP contribution in [-0.2, 0) is 6.42 Å². The molecular weight excluding hydrogens is 244 g/mol. The maximum atomic E-state index is 5.25. The van der Waals surface area contributed by atoms with Gasteiger partial charge in [0.05, 0.1) is 7.11 Å². The monoisotopic (exact) mass is 276 g/mol. The summed E-state index contributed by atoms with van der Waals surface area (Å²) in [5.74, 6) is 0.981. The highest BCUT2D eigenvalue weighted by Gasteiger charge is 1.97. The highest BCUT2D eigenvalue weighted by Crippen LogP contribution is 2.16. The standard InChI is InChI=1S/C19H32O/c1-3-4-5-6-7-8-9-10-11-12-14-18-15-13-16-19(17-18)20-2/h13,15-17H,3-12,14H2,1-2H3. The number of ether oxygens (including phenoxy) is 1. The minimum absolute atomic E-state index is 0.981. The Bertz CT molecular complexity index is 332. The second kappa shape index (κ2) is 11.8. The van der Waals surface area contributed by atoms with Crippen LogP contribution in [0.3, 0.4) is 0 Å². The molecule has 0 amide bonds. The fraction of sp³-hybridized carbons (Fsp3) is 0.684. The Kier molecular flexibility index (Phi) is 10.1. The van der Waals surface area contributed by atoms with Gasteiger partial charge in [-0.05, 0) is 30.5 Å². The fourth-order valence-corrected chi connectivity index (χ4v) is 2.64. The molecule has 0 unspecified atom stereocenters. The first kappa shape index (κ1) is 17.1. The normalized spacial score (nSPS) is 10.7. The second-order valence-corrected chi connectivity index (χ2v) is 5.78. The summed E-state index contributed by atoms with van der Waals surface area (Å²) < 4.78 is 5.25. The van der Waals surface area contributed by atoms with Crippen molar-refractivity contribution in [2.75, 3.05) is 7.11 Å². The van der Waals surface area contributed by atoms with E-state index in [4.69, 9.17) is 4.74 Å². The van der Waals surface area contributed by atoms with Crippen molar-refractivity contribution in [3.63, 3.8) is 0 Å². The molecule has 0 saturated heterocycles. The number of rotatable bonds is 12. The number of benzene rings is 1. The number of methoxy groups -OCH3 is 1. The predicted molar refractivity (Wildman–Crippen MR) is 88.5 cm³/mol. The van der Waals surface area contributed by atoms with Crippen LogP contribution in [0.5, 0.6) is 5.75 Å². The molecule has 0 atom stereocenters. The zero-order valence-corrected chi connectivity index (χ0v) is 13.5. The number of hydrogen-bond acceptors (Lipinski definition) is 1. The lowest BCUT2D eigenvalue weighted by Gasteiger charge is -2.05. The largest absolute Gasteiger partial charge is 0.497 e. The van der Waals surface area contributed by atoms with Gasteiger partial charge >= 0.3 is 0 Å². The fourth-order valence-electron chi connectivity index (χ4n) is 2.64. The third-order valence-electron chi connectivity index (χ3n) is 3.95. The average Bonchev–Trinajstić information content (AvgIpc) is 2.49. The van der Waals surface area contributed by atoms with E-state index in [-0.39, 0.29) is 0 Å². The molecule has 0 N–H and O–H groups in total. The van der Waals surface area contributed by atoms with Crippen LogP contribution in [0.2, 0.25) is 0 Å². The topological polar surface area (TPSA) is 9.23 Å². The SMILES string of the molecule is CCCCCCCCCCCCc1cccc(OC)c1. The zero-order chi connectivity index (χ0) is 14.5. The lowest BCUT2D eigenvalue weighted by atomic mass is 10.0. The number of hydrogen-bond donors (Lipinski definition) is 0. The van der Waals surface area contributed by atoms with E-state index >= 15 is 0 Å². The molecule has 0 fully saturated rings. The van der Waals surface area contributed by atoms with Gasteiger partial charge in [-0.3, -0.25) is 0 Å². The van der Waals surface area contributed by atoms with Crippen LogP contribution in [0, 0.1) is 0 Å². The van der Waals surface area contributed by atoms with Crippen molar-refractivity contribution < 1.29 is 4.74 Å². The third-order valence-corrected chi connectivity index (χ3v) is 3.95. The predicted octanol–water partition coefficient (Wildman–Crippen LogP) is 6.16. The van der Waals surface area contributed by atoms with Crippen LogP contribution >= 0.6 is 0 Å². The molecule has 1 nitrogen and oxygen atoms in total. The summed E-state index contributed by atoms with van der Waals surface area (Å²) in [6, 6.07) is 8.47. The molecule has 0 heterocycles. The summed E-state index contributed by atoms with van der Waals surface area (Å²) >= 11 is 0. The molecule has 0 aliphatic rings. The molecule has 0 bridgehead atoms. The Balaban J connectivity index is 1.94. The summed E-state index contributed by atoms with van der Waals surface area (Å²) in [5.41, 5.74) is 1.41. The van der Waals surface area contributed by atoms with Gasteiger partial charge < -0.3 is 4.74 Å². The van der Waals surface area contributed by atoms with Gasteiger partial charge in [0.1, 0.15) is 5.75 Å². The molecule has 20 heavy (non-hydrogen) atoms. The Morgan fingerprint density at radius 2 is 1.40 bits per heavy atom. The average molecular weight is 276 g/mol. The van der Waals surface area contributed by atoms with Gasteiger partial charge in [0.2, 0.25) is 0 Å². The molecular formula is C19H32O. The summed E-state index contributed by atoms with van der Waals surface area (Å²) in [6.45, 7) is 2.28. The van der Waals surface area contributed by atoms with Crippen LogP contribution < -0.4 is 4.74 Å². The quantitative estimate of drug-likeness (QED) is 0.415. The highest BCUT2D eigenvalue weighted by atomic mass is 16.5. The van der Waals surface area contributed by atoms with Crippen molar-refractivity contribution in [1.82, 2.24) is 0 Å². The van der Waals surface area contributed by atoms with E-state index in [0.717, 1.165) is 5.75 Å². The maximum absolute atomic E-state index is 5.25. The van der Waals surface area contributed by atoms with Gasteiger partial charge in [-0.1, -0.05) is 76.8 Å². The minimum atomic E-state index is 0.981. The first-order chi connectivity index (χ1) is 9.86. The van der Waals surface area contributed by atoms with Crippen molar-refractivity contribution in [3.05, 3.63) is 29.8 Å². The van der Waals surface area contributed by atoms with E-state index in [9.17, 15) is 0 Å². The molecule has 114 valence electrons. The van der Waals surface area contributed by atoms with E-state index in [1.54, 1.807) is 7.11 Å². The van der Waals surface area contributed by atoms with Crippen molar-refractivity contribution in [2.24, 2.45) is 0 Å². The van der Waals surface area contributed by atoms with E-state index in [2.05, 4.69) is 25.1 Å². The van der Waals surface area contributed by atoms with Crippen molar-refractivity contribution >= 4 is 0 Å². The van der Waals surface area contributed by atoms with Gasteiger partial charge in [0.25, 0.3) is 0 Å². The molecule has 1 aromatic rings. The molecule has 1 rings (SSSR count). The molecule has 0 radical (unpaired) electrons. The van der Waals surface area contributed by atoms with Crippen molar-refractivity contribution in [2.45, 2.75) is 77.6 Å². The van der Waals surface area contributed by atoms with E-state index in [1.807, 2.05) is 6.07 Å². The van der Waals surface area contributed by atoms with Crippen LogP contribution in [0.4, 0.5) is 0 Å². The van der Waals surface area contributed by atoms with Crippen LogP contribution in [0.1, 0.15) is 76.7 Å². The molecule has 1 aromatic carbocycles. The Hall–Kier alpha value is -0.980. The highest BCUT2D eigenvalue weighted by molar-refractivity contribution is 5.28. The van der Waals surface area contributed by atoms with Gasteiger partial charge in [-0.15, -0.1) is 0 Å². The Labute approximate surface area is 125 Å². The molecule has 1 heteroatoms. The Morgan fingerprint density at radius 1 is 0.800 bits per heavy atom. The summed E-state index contributed by atoms with van der Waals surface area (Å²) in [5, 5.41) is 0. The summed E-state index contributed by atoms with van der Waals surface area (Å²) in [7, 11) is 1.74. The zero-order valence-electron chi connectivity index (χ0n) is 13.5. The lowest BCUT2D eigenvalue weighted by molar-refractivity contribution is 0.414. The summed E-state index contributed by atoms with van der Waals surface area (Å²) in [6.07, 6.45) is 15.2. The van der Waals surface area contributed by atoms with Crippen molar-refractivity contribution in [3.8, 4) is 5.75 Å². The first-order valence-corrected chi connectivity index (χ1v) is 8.49. The van der Waals surface area contributed by atoms with Crippen LogP contribution in [-0.4, -0.2) is 7.11 Å². The van der Waals surface area contributed by atoms with E-state index in [0.29, 0.717) is 0 Å². The van der Waals surface area contributed by atoms with Crippen LogP contribution in [0.15, 0.2) is 24.3 Å². The second-order valence-electron chi connectivity index (χ2n) is 5.78. The van der Waals surface area contributed by atoms with Crippen LogP contribution in [0.25, 0.3) is 0 Å². The van der Waals surface area contributed by atoms with Gasteiger partial charge in [-0.25, -0.2) is 0 Å². The first-order valence-electron chi connectivity index (χ1n) is 8.49. The maximum Gasteiger partial charge on any atom is 0.119 e.